The number of hydrogen-bond acceptors (Lipinski definition) is 4. The number of rotatable bonds is 8. The predicted octanol–water partition coefficient (Wildman–Crippen LogP) is 1.78. The van der Waals surface area contributed by atoms with E-state index in [-0.39, 0.29) is 0 Å². The average Bonchev–Trinajstić information content (AvgIpc) is 2.42. The van der Waals surface area contributed by atoms with E-state index in [1.807, 2.05) is 38.4 Å². The summed E-state index contributed by atoms with van der Waals surface area (Å²) in [5.41, 5.74) is 0.985. The number of methoxy groups -OCH3 is 1. The molecular formula is C15H24N2O3. The van der Waals surface area contributed by atoms with Crippen molar-refractivity contribution in [3.63, 3.8) is 0 Å². The summed E-state index contributed by atoms with van der Waals surface area (Å²) in [6, 6.07) is 7.72. The fraction of sp³-hybridized carbons (Fsp3) is 0.533. The third kappa shape index (κ3) is 5.09. The Morgan fingerprint density at radius 2 is 2.05 bits per heavy atom. The van der Waals surface area contributed by atoms with Crippen LogP contribution in [0.15, 0.2) is 24.3 Å². The van der Waals surface area contributed by atoms with Crippen LogP contribution in [0.1, 0.15) is 6.92 Å². The third-order valence-electron chi connectivity index (χ3n) is 3.15. The first-order valence-corrected chi connectivity index (χ1v) is 6.70. The summed E-state index contributed by atoms with van der Waals surface area (Å²) in [5, 5.41) is 9.09. The van der Waals surface area contributed by atoms with Gasteiger partial charge in [-0.3, -0.25) is 4.79 Å². The maximum atomic E-state index is 11.1. The van der Waals surface area contributed by atoms with E-state index < -0.39 is 11.9 Å². The van der Waals surface area contributed by atoms with Crippen LogP contribution in [0.5, 0.6) is 5.75 Å². The molecule has 0 aliphatic carbocycles. The van der Waals surface area contributed by atoms with Crippen LogP contribution in [0, 0.1) is 5.92 Å². The second kappa shape index (κ2) is 7.75. The van der Waals surface area contributed by atoms with E-state index in [1.54, 1.807) is 14.0 Å². The Bertz CT molecular complexity index is 435. The first-order valence-electron chi connectivity index (χ1n) is 6.70. The van der Waals surface area contributed by atoms with Gasteiger partial charge in [0, 0.05) is 31.4 Å². The zero-order valence-electron chi connectivity index (χ0n) is 12.7. The molecule has 0 saturated heterocycles. The Labute approximate surface area is 120 Å². The summed E-state index contributed by atoms with van der Waals surface area (Å²) in [6.07, 6.45) is 0. The maximum Gasteiger partial charge on any atom is 0.308 e. The van der Waals surface area contributed by atoms with Gasteiger partial charge in [0.1, 0.15) is 5.75 Å². The van der Waals surface area contributed by atoms with Crippen LogP contribution in [0.25, 0.3) is 0 Å². The number of carboxylic acid groups (broad SMARTS) is 1. The van der Waals surface area contributed by atoms with E-state index >= 15 is 0 Å². The molecule has 20 heavy (non-hydrogen) atoms. The Hall–Kier alpha value is -1.75. The normalized spacial score (nSPS) is 12.2. The fourth-order valence-electron chi connectivity index (χ4n) is 1.86. The highest BCUT2D eigenvalue weighted by molar-refractivity contribution is 5.70. The molecule has 0 aliphatic heterocycles. The summed E-state index contributed by atoms with van der Waals surface area (Å²) < 4.78 is 5.23. The molecule has 1 N–H and O–H groups in total. The van der Waals surface area contributed by atoms with Crippen LogP contribution in [-0.2, 0) is 4.79 Å². The van der Waals surface area contributed by atoms with Crippen molar-refractivity contribution in [1.29, 1.82) is 0 Å². The lowest BCUT2D eigenvalue weighted by atomic mass is 10.1. The highest BCUT2D eigenvalue weighted by atomic mass is 16.5. The topological polar surface area (TPSA) is 53.0 Å². The van der Waals surface area contributed by atoms with Gasteiger partial charge in [-0.15, -0.1) is 0 Å². The average molecular weight is 280 g/mol. The zero-order valence-corrected chi connectivity index (χ0v) is 12.7. The number of likely N-dealkylation sites (N-methyl/N-ethyl adjacent to an activating group) is 1. The highest BCUT2D eigenvalue weighted by Crippen LogP contribution is 2.21. The van der Waals surface area contributed by atoms with Gasteiger partial charge in [-0.1, -0.05) is 13.0 Å². The number of anilines is 1. The molecule has 0 heterocycles. The van der Waals surface area contributed by atoms with E-state index in [0.717, 1.165) is 24.5 Å². The molecule has 0 aliphatic rings. The molecule has 0 fully saturated rings. The number of hydrogen-bond donors (Lipinski definition) is 1. The predicted molar refractivity (Wildman–Crippen MR) is 80.6 cm³/mol. The zero-order chi connectivity index (χ0) is 15.1. The molecule has 0 bridgehead atoms. The van der Waals surface area contributed by atoms with Crippen LogP contribution in [0.3, 0.4) is 0 Å². The number of ether oxygens (including phenoxy) is 1. The maximum absolute atomic E-state index is 11.1. The second-order valence-electron chi connectivity index (χ2n) is 5.19. The van der Waals surface area contributed by atoms with Crippen molar-refractivity contribution in [2.75, 3.05) is 45.7 Å². The summed E-state index contributed by atoms with van der Waals surface area (Å²) in [7, 11) is 5.64. The van der Waals surface area contributed by atoms with Crippen LogP contribution < -0.4 is 9.64 Å². The van der Waals surface area contributed by atoms with Crippen molar-refractivity contribution < 1.29 is 14.6 Å². The SMILES string of the molecule is COc1cccc(N(CCN(C)C)CC(C)C(=O)O)c1. The first kappa shape index (κ1) is 16.3. The van der Waals surface area contributed by atoms with Crippen molar-refractivity contribution in [3.05, 3.63) is 24.3 Å². The molecule has 1 rings (SSSR count). The number of benzene rings is 1. The first-order chi connectivity index (χ1) is 9.43. The number of carbonyl (C=O) groups is 1. The fourth-order valence-corrected chi connectivity index (χ4v) is 1.86. The van der Waals surface area contributed by atoms with Gasteiger partial charge in [0.2, 0.25) is 0 Å². The third-order valence-corrected chi connectivity index (χ3v) is 3.15. The van der Waals surface area contributed by atoms with Gasteiger partial charge in [0.25, 0.3) is 0 Å². The molecule has 1 atom stereocenters. The second-order valence-corrected chi connectivity index (χ2v) is 5.19. The molecule has 1 unspecified atom stereocenters. The smallest absolute Gasteiger partial charge is 0.308 e. The minimum atomic E-state index is -0.775. The summed E-state index contributed by atoms with van der Waals surface area (Å²) >= 11 is 0. The van der Waals surface area contributed by atoms with Gasteiger partial charge < -0.3 is 19.6 Å². The van der Waals surface area contributed by atoms with Gasteiger partial charge in [-0.2, -0.15) is 0 Å². The van der Waals surface area contributed by atoms with Gasteiger partial charge in [0.15, 0.2) is 0 Å². The Morgan fingerprint density at radius 1 is 1.35 bits per heavy atom. The van der Waals surface area contributed by atoms with Crippen LogP contribution in [0.4, 0.5) is 5.69 Å². The largest absolute Gasteiger partial charge is 0.497 e. The van der Waals surface area contributed by atoms with E-state index in [2.05, 4.69) is 9.80 Å². The van der Waals surface area contributed by atoms with Crippen LogP contribution in [0.2, 0.25) is 0 Å². The molecule has 0 saturated carbocycles. The lowest BCUT2D eigenvalue weighted by Gasteiger charge is -2.28. The Balaban J connectivity index is 2.86. The van der Waals surface area contributed by atoms with Crippen LogP contribution >= 0.6 is 0 Å². The van der Waals surface area contributed by atoms with Crippen molar-refractivity contribution in [2.45, 2.75) is 6.92 Å². The quantitative estimate of drug-likeness (QED) is 0.786. The minimum absolute atomic E-state index is 0.414. The lowest BCUT2D eigenvalue weighted by molar-refractivity contribution is -0.140. The van der Waals surface area contributed by atoms with E-state index in [0.29, 0.717) is 6.54 Å². The molecule has 1 aromatic carbocycles. The highest BCUT2D eigenvalue weighted by Gasteiger charge is 2.17. The molecule has 0 radical (unpaired) electrons. The Kier molecular flexibility index (Phi) is 6.31. The summed E-state index contributed by atoms with van der Waals surface area (Å²) in [4.78, 5) is 15.2. The molecule has 5 nitrogen and oxygen atoms in total. The molecular weight excluding hydrogens is 256 g/mol. The number of nitrogens with zero attached hydrogens (tertiary/aromatic N) is 2. The molecule has 0 amide bonds. The van der Waals surface area contributed by atoms with Gasteiger partial charge >= 0.3 is 5.97 Å². The van der Waals surface area contributed by atoms with Gasteiger partial charge in [-0.25, -0.2) is 0 Å². The van der Waals surface area contributed by atoms with E-state index in [4.69, 9.17) is 9.84 Å². The monoisotopic (exact) mass is 280 g/mol. The summed E-state index contributed by atoms with van der Waals surface area (Å²) in [5.74, 6) is -0.411. The number of carboxylic acids is 1. The molecule has 0 aromatic heterocycles. The standard InChI is InChI=1S/C15H24N2O3/c1-12(15(18)19)11-17(9-8-16(2)3)13-6-5-7-14(10-13)20-4/h5-7,10,12H,8-9,11H2,1-4H3,(H,18,19). The van der Waals surface area contributed by atoms with Gasteiger partial charge in [-0.05, 0) is 26.2 Å². The van der Waals surface area contributed by atoms with Crippen molar-refractivity contribution >= 4 is 11.7 Å². The molecule has 1 aromatic rings. The molecule has 112 valence electrons. The minimum Gasteiger partial charge on any atom is -0.497 e. The van der Waals surface area contributed by atoms with Crippen molar-refractivity contribution in [3.8, 4) is 5.75 Å². The van der Waals surface area contributed by atoms with Crippen LogP contribution in [-0.4, -0.2) is 56.8 Å². The summed E-state index contributed by atoms with van der Waals surface area (Å²) in [6.45, 7) is 3.85. The molecule has 5 heteroatoms. The van der Waals surface area contributed by atoms with E-state index in [9.17, 15) is 4.79 Å². The lowest BCUT2D eigenvalue weighted by Crippen LogP contribution is -2.36. The van der Waals surface area contributed by atoms with Crippen molar-refractivity contribution in [1.82, 2.24) is 4.90 Å². The molecule has 0 spiro atoms. The van der Waals surface area contributed by atoms with Gasteiger partial charge in [0.05, 0.1) is 13.0 Å². The number of aliphatic carboxylic acids is 1. The van der Waals surface area contributed by atoms with Crippen molar-refractivity contribution in [2.24, 2.45) is 5.92 Å². The Morgan fingerprint density at radius 3 is 2.60 bits per heavy atom. The van der Waals surface area contributed by atoms with E-state index in [1.165, 1.54) is 0 Å².